The highest BCUT2D eigenvalue weighted by Crippen LogP contribution is 2.37. The lowest BCUT2D eigenvalue weighted by molar-refractivity contribution is -0.304. The van der Waals surface area contributed by atoms with Gasteiger partial charge in [-0.25, -0.2) is 0 Å². The van der Waals surface area contributed by atoms with Crippen LogP contribution >= 0.6 is 7.82 Å². The smallest absolute Gasteiger partial charge is 0.265 e. The van der Waals surface area contributed by atoms with E-state index in [2.05, 4.69) is 11.1 Å². The van der Waals surface area contributed by atoms with Crippen molar-refractivity contribution in [1.29, 1.82) is 0 Å². The molecule has 118 valence electrons. The topological polar surface area (TPSA) is 179 Å². The SMILES string of the molecule is C=C(OC1CC(C(=O)[O-])=CC(OP(=O)([O-])O)C1O)C(=O)[O-]. The number of hydrogen-bond acceptors (Lipinski definition) is 9. The second kappa shape index (κ2) is 6.37. The zero-order valence-electron chi connectivity index (χ0n) is 10.3. The maximum absolute atomic E-state index is 10.8. The minimum Gasteiger partial charge on any atom is -0.756 e. The van der Waals surface area contributed by atoms with Crippen LogP contribution in [0.4, 0.5) is 0 Å². The second-order valence-electron chi connectivity index (χ2n) is 4.08. The van der Waals surface area contributed by atoms with Crippen molar-refractivity contribution in [2.24, 2.45) is 0 Å². The van der Waals surface area contributed by atoms with Gasteiger partial charge >= 0.3 is 0 Å². The van der Waals surface area contributed by atoms with Gasteiger partial charge in [0.2, 0.25) is 0 Å². The van der Waals surface area contributed by atoms with Crippen molar-refractivity contribution in [3.8, 4) is 0 Å². The van der Waals surface area contributed by atoms with Crippen molar-refractivity contribution < 1.29 is 48.5 Å². The molecule has 21 heavy (non-hydrogen) atoms. The third-order valence-electron chi connectivity index (χ3n) is 2.54. The number of aliphatic hydroxyl groups is 1. The fraction of sp³-hybridized carbons (Fsp3) is 0.400. The summed E-state index contributed by atoms with van der Waals surface area (Å²) in [7, 11) is -5.28. The van der Waals surface area contributed by atoms with Gasteiger partial charge in [-0.1, -0.05) is 6.58 Å². The van der Waals surface area contributed by atoms with Gasteiger partial charge in [-0.05, 0) is 11.6 Å². The normalized spacial score (nSPS) is 28.1. The van der Waals surface area contributed by atoms with Crippen LogP contribution in [0.3, 0.4) is 0 Å². The molecule has 1 aliphatic carbocycles. The number of aliphatic carboxylic acids is 2. The predicted molar refractivity (Wildman–Crippen MR) is 57.4 cm³/mol. The minimum absolute atomic E-state index is 0.496. The molecule has 0 aromatic carbocycles. The average Bonchev–Trinajstić information content (AvgIpc) is 2.31. The summed E-state index contributed by atoms with van der Waals surface area (Å²) in [6.45, 7) is 2.97. The number of phosphoric acid groups is 1. The number of carbonyl (C=O) groups excluding carboxylic acids is 2. The van der Waals surface area contributed by atoms with Crippen molar-refractivity contribution >= 4 is 19.8 Å². The van der Waals surface area contributed by atoms with Crippen LogP contribution in [0.5, 0.6) is 0 Å². The molecule has 0 spiro atoms. The summed E-state index contributed by atoms with van der Waals surface area (Å²) in [6.07, 6.45) is -4.85. The number of ether oxygens (including phenoxy) is 1. The Balaban J connectivity index is 3.00. The summed E-state index contributed by atoms with van der Waals surface area (Å²) in [5.41, 5.74) is -0.505. The lowest BCUT2D eigenvalue weighted by Crippen LogP contribution is -2.46. The minimum atomic E-state index is -5.28. The van der Waals surface area contributed by atoms with Gasteiger partial charge in [-0.15, -0.1) is 0 Å². The molecule has 0 aromatic rings. The molecule has 4 atom stereocenters. The number of carboxylic acids is 2. The number of carbonyl (C=O) groups is 2. The summed E-state index contributed by atoms with van der Waals surface area (Å²) >= 11 is 0. The van der Waals surface area contributed by atoms with E-state index in [-0.39, 0.29) is 0 Å². The van der Waals surface area contributed by atoms with Crippen molar-refractivity contribution in [2.75, 3.05) is 0 Å². The van der Waals surface area contributed by atoms with E-state index in [1.165, 1.54) is 0 Å². The Labute approximate surface area is 118 Å². The van der Waals surface area contributed by atoms with Gasteiger partial charge < -0.3 is 44.0 Å². The van der Waals surface area contributed by atoms with Gasteiger partial charge in [-0.2, -0.15) is 0 Å². The number of carboxylic acid groups (broad SMARTS) is 2. The molecule has 0 amide bonds. The zero-order chi connectivity index (χ0) is 16.4. The number of rotatable bonds is 6. The molecule has 4 unspecified atom stereocenters. The zero-order valence-corrected chi connectivity index (χ0v) is 11.2. The molecule has 10 nitrogen and oxygen atoms in total. The number of aliphatic hydroxyl groups excluding tert-OH is 1. The average molecular weight is 321 g/mol. The Morgan fingerprint density at radius 3 is 2.43 bits per heavy atom. The van der Waals surface area contributed by atoms with Gasteiger partial charge in [0.05, 0.1) is 5.97 Å². The molecule has 0 radical (unpaired) electrons. The van der Waals surface area contributed by atoms with Crippen LogP contribution in [0, 0.1) is 0 Å². The van der Waals surface area contributed by atoms with E-state index >= 15 is 0 Å². The third-order valence-corrected chi connectivity index (χ3v) is 3.05. The van der Waals surface area contributed by atoms with E-state index < -0.39 is 55.8 Å². The van der Waals surface area contributed by atoms with Gasteiger partial charge in [0.15, 0.2) is 0 Å². The van der Waals surface area contributed by atoms with Gasteiger partial charge in [0, 0.05) is 6.42 Å². The summed E-state index contributed by atoms with van der Waals surface area (Å²) in [5.74, 6) is -4.41. The van der Waals surface area contributed by atoms with E-state index in [9.17, 15) is 34.4 Å². The predicted octanol–water partition coefficient (Wildman–Crippen LogP) is -4.08. The van der Waals surface area contributed by atoms with Crippen molar-refractivity contribution in [3.63, 3.8) is 0 Å². The van der Waals surface area contributed by atoms with Crippen molar-refractivity contribution in [1.82, 2.24) is 0 Å². The number of phosphoric ester groups is 1. The first-order valence-corrected chi connectivity index (χ1v) is 6.90. The van der Waals surface area contributed by atoms with E-state index in [1.807, 2.05) is 0 Å². The summed E-state index contributed by atoms with van der Waals surface area (Å²) < 4.78 is 19.5. The lowest BCUT2D eigenvalue weighted by atomic mass is 9.92. The summed E-state index contributed by atoms with van der Waals surface area (Å²) in [5, 5.41) is 31.1. The maximum atomic E-state index is 10.8. The van der Waals surface area contributed by atoms with Crippen LogP contribution in [-0.4, -0.2) is 40.3 Å². The molecule has 0 heterocycles. The Bertz CT molecular complexity index is 532. The Morgan fingerprint density at radius 2 is 2.00 bits per heavy atom. The molecule has 0 aromatic heterocycles. The molecule has 11 heteroatoms. The molecule has 1 aliphatic rings. The van der Waals surface area contributed by atoms with Crippen LogP contribution in [-0.2, 0) is 23.4 Å². The molecule has 2 N–H and O–H groups in total. The van der Waals surface area contributed by atoms with E-state index in [0.717, 1.165) is 0 Å². The molecule has 0 saturated carbocycles. The van der Waals surface area contributed by atoms with Crippen LogP contribution in [0.1, 0.15) is 6.42 Å². The monoisotopic (exact) mass is 321 g/mol. The van der Waals surface area contributed by atoms with Gasteiger partial charge in [0.25, 0.3) is 7.82 Å². The highest BCUT2D eigenvalue weighted by molar-refractivity contribution is 7.44. The van der Waals surface area contributed by atoms with E-state index in [1.54, 1.807) is 0 Å². The largest absolute Gasteiger partial charge is 0.756 e. The first-order chi connectivity index (χ1) is 9.51. The standard InChI is InChI=1S/C10H13O10P/c1-4(9(12)13)19-6-2-5(10(14)15)3-7(8(6)11)20-21(16,17)18/h3,6-8,11H,1-2H2,(H,12,13)(H,14,15)(H2,16,17,18)/p-3. The molecular formula is C10H10O10P-3. The highest BCUT2D eigenvalue weighted by atomic mass is 31.2. The Morgan fingerprint density at radius 1 is 1.43 bits per heavy atom. The molecule has 0 aliphatic heterocycles. The molecule has 0 bridgehead atoms. The second-order valence-corrected chi connectivity index (χ2v) is 5.23. The van der Waals surface area contributed by atoms with Crippen LogP contribution < -0.4 is 15.1 Å². The fourth-order valence-electron chi connectivity index (χ4n) is 1.65. The summed E-state index contributed by atoms with van der Waals surface area (Å²) in [4.78, 5) is 40.5. The first-order valence-electron chi connectivity index (χ1n) is 5.40. The van der Waals surface area contributed by atoms with Crippen LogP contribution in [0.25, 0.3) is 0 Å². The third kappa shape index (κ3) is 4.96. The quantitative estimate of drug-likeness (QED) is 0.277. The molecule has 0 fully saturated rings. The summed E-state index contributed by atoms with van der Waals surface area (Å²) in [6, 6.07) is 0. The molecular weight excluding hydrogens is 311 g/mol. The number of hydrogen-bond donors (Lipinski definition) is 2. The Hall–Kier alpha value is -1.71. The van der Waals surface area contributed by atoms with Crippen LogP contribution in [0.2, 0.25) is 0 Å². The van der Waals surface area contributed by atoms with E-state index in [4.69, 9.17) is 9.63 Å². The Kier molecular flexibility index (Phi) is 5.26. The maximum Gasteiger partial charge on any atom is 0.265 e. The first kappa shape index (κ1) is 17.3. The van der Waals surface area contributed by atoms with E-state index in [0.29, 0.717) is 6.08 Å². The molecule has 1 rings (SSSR count). The fourth-order valence-corrected chi connectivity index (χ4v) is 2.15. The van der Waals surface area contributed by atoms with Crippen molar-refractivity contribution in [3.05, 3.63) is 24.0 Å². The lowest BCUT2D eigenvalue weighted by Gasteiger charge is -2.36. The van der Waals surface area contributed by atoms with Gasteiger partial charge in [0.1, 0.15) is 30.0 Å². The van der Waals surface area contributed by atoms with Gasteiger partial charge in [-0.3, -0.25) is 4.57 Å². The molecule has 0 saturated heterocycles. The van der Waals surface area contributed by atoms with Crippen molar-refractivity contribution in [2.45, 2.75) is 24.7 Å². The van der Waals surface area contributed by atoms with Crippen LogP contribution in [0.15, 0.2) is 24.0 Å². The highest BCUT2D eigenvalue weighted by Gasteiger charge is 2.36.